The fourth-order valence-corrected chi connectivity index (χ4v) is 2.02. The van der Waals surface area contributed by atoms with Gasteiger partial charge in [0.1, 0.15) is 17.1 Å². The van der Waals surface area contributed by atoms with Gasteiger partial charge in [-0.05, 0) is 30.3 Å². The largest absolute Gasteiger partial charge is 0.496 e. The number of methoxy groups -OCH3 is 3. The summed E-state index contributed by atoms with van der Waals surface area (Å²) in [4.78, 5) is 12.5. The van der Waals surface area contributed by atoms with Crippen molar-refractivity contribution in [2.24, 2.45) is 0 Å². The van der Waals surface area contributed by atoms with Crippen LogP contribution in [-0.4, -0.2) is 27.1 Å². The third kappa shape index (κ3) is 2.81. The number of ketones is 1. The van der Waals surface area contributed by atoms with Crippen molar-refractivity contribution in [1.82, 2.24) is 0 Å². The van der Waals surface area contributed by atoms with Crippen LogP contribution >= 0.6 is 0 Å². The first-order valence-corrected chi connectivity index (χ1v) is 6.21. The van der Waals surface area contributed by atoms with E-state index in [1.54, 1.807) is 12.1 Å². The minimum Gasteiger partial charge on any atom is -0.496 e. The van der Waals surface area contributed by atoms with Gasteiger partial charge >= 0.3 is 0 Å². The van der Waals surface area contributed by atoms with Crippen LogP contribution in [0.2, 0.25) is 0 Å². The molecule has 2 rings (SSSR count). The number of benzene rings is 2. The molecule has 0 aliphatic carbocycles. The van der Waals surface area contributed by atoms with Crippen molar-refractivity contribution in [2.45, 2.75) is 0 Å². The molecule has 2 aromatic rings. The number of carbonyl (C=O) groups excluding carboxylic acids is 1. The monoisotopic (exact) mass is 290 g/mol. The first kappa shape index (κ1) is 14.8. The average molecular weight is 290 g/mol. The van der Waals surface area contributed by atoms with Crippen molar-refractivity contribution in [2.75, 3.05) is 21.3 Å². The van der Waals surface area contributed by atoms with E-state index < -0.39 is 11.6 Å². The van der Waals surface area contributed by atoms with Crippen molar-refractivity contribution in [3.05, 3.63) is 53.3 Å². The molecule has 0 amide bonds. The molecule has 2 aromatic carbocycles. The zero-order chi connectivity index (χ0) is 15.4. The highest BCUT2D eigenvalue weighted by Crippen LogP contribution is 2.30. The molecular weight excluding hydrogens is 275 g/mol. The van der Waals surface area contributed by atoms with Gasteiger partial charge in [-0.2, -0.15) is 0 Å². The summed E-state index contributed by atoms with van der Waals surface area (Å²) in [6.07, 6.45) is 0. The Labute approximate surface area is 122 Å². The molecule has 0 aliphatic rings. The first-order chi connectivity index (χ1) is 10.1. The van der Waals surface area contributed by atoms with E-state index in [2.05, 4.69) is 0 Å². The lowest BCUT2D eigenvalue weighted by Crippen LogP contribution is -2.07. The van der Waals surface area contributed by atoms with Gasteiger partial charge in [-0.3, -0.25) is 4.79 Å². The van der Waals surface area contributed by atoms with Crippen LogP contribution in [0.15, 0.2) is 36.4 Å². The van der Waals surface area contributed by atoms with Gasteiger partial charge < -0.3 is 14.2 Å². The predicted octanol–water partition coefficient (Wildman–Crippen LogP) is 3.08. The van der Waals surface area contributed by atoms with E-state index in [0.29, 0.717) is 11.5 Å². The SMILES string of the molecule is COc1ccc(C(=O)c2c(F)cccc2OC)cc1OC. The van der Waals surface area contributed by atoms with E-state index in [-0.39, 0.29) is 16.9 Å². The Morgan fingerprint density at radius 1 is 0.905 bits per heavy atom. The van der Waals surface area contributed by atoms with Crippen LogP contribution in [0, 0.1) is 5.82 Å². The number of hydrogen-bond donors (Lipinski definition) is 0. The summed E-state index contributed by atoms with van der Waals surface area (Å²) < 4.78 is 29.3. The lowest BCUT2D eigenvalue weighted by Gasteiger charge is -2.11. The normalized spacial score (nSPS) is 10.1. The highest BCUT2D eigenvalue weighted by molar-refractivity contribution is 6.11. The number of carbonyl (C=O) groups is 1. The molecule has 0 spiro atoms. The van der Waals surface area contributed by atoms with Crippen LogP contribution in [0.25, 0.3) is 0 Å². The average Bonchev–Trinajstić information content (AvgIpc) is 2.53. The van der Waals surface area contributed by atoms with Gasteiger partial charge in [-0.25, -0.2) is 4.39 Å². The molecule has 21 heavy (non-hydrogen) atoms. The van der Waals surface area contributed by atoms with E-state index in [1.165, 1.54) is 45.6 Å². The van der Waals surface area contributed by atoms with Crippen molar-refractivity contribution >= 4 is 5.78 Å². The minimum absolute atomic E-state index is 0.104. The Morgan fingerprint density at radius 3 is 2.19 bits per heavy atom. The molecule has 0 bridgehead atoms. The second-order valence-corrected chi connectivity index (χ2v) is 4.22. The zero-order valence-corrected chi connectivity index (χ0v) is 12.0. The molecule has 0 unspecified atom stereocenters. The number of hydrogen-bond acceptors (Lipinski definition) is 4. The molecule has 0 atom stereocenters. The van der Waals surface area contributed by atoms with Gasteiger partial charge in [0.2, 0.25) is 0 Å². The van der Waals surface area contributed by atoms with Gasteiger partial charge in [-0.1, -0.05) is 6.07 Å². The van der Waals surface area contributed by atoms with Crippen molar-refractivity contribution in [3.8, 4) is 17.2 Å². The van der Waals surface area contributed by atoms with E-state index in [9.17, 15) is 9.18 Å². The standard InChI is InChI=1S/C16H15FO4/c1-19-12-8-7-10(9-14(12)21-3)16(18)15-11(17)5-4-6-13(15)20-2/h4-9H,1-3H3. The topological polar surface area (TPSA) is 44.8 Å². The van der Waals surface area contributed by atoms with Gasteiger partial charge in [0.25, 0.3) is 0 Å². The molecular formula is C16H15FO4. The summed E-state index contributed by atoms with van der Waals surface area (Å²) in [6, 6.07) is 8.90. The molecule has 0 aliphatic heterocycles. The van der Waals surface area contributed by atoms with Crippen molar-refractivity contribution < 1.29 is 23.4 Å². The Bertz CT molecular complexity index is 667. The summed E-state index contributed by atoms with van der Waals surface area (Å²) >= 11 is 0. The van der Waals surface area contributed by atoms with E-state index >= 15 is 0 Å². The molecule has 110 valence electrons. The molecule has 0 radical (unpaired) electrons. The van der Waals surface area contributed by atoms with Crippen LogP contribution in [0.5, 0.6) is 17.2 Å². The highest BCUT2D eigenvalue weighted by Gasteiger charge is 2.20. The molecule has 0 saturated carbocycles. The van der Waals surface area contributed by atoms with Crippen molar-refractivity contribution in [1.29, 1.82) is 0 Å². The summed E-state index contributed by atoms with van der Waals surface area (Å²) in [7, 11) is 4.36. The molecule has 0 saturated heterocycles. The zero-order valence-electron chi connectivity index (χ0n) is 12.0. The maximum atomic E-state index is 13.9. The second-order valence-electron chi connectivity index (χ2n) is 4.22. The first-order valence-electron chi connectivity index (χ1n) is 6.21. The summed E-state index contributed by atoms with van der Waals surface area (Å²) in [5.74, 6) is -0.0250. The number of ether oxygens (including phenoxy) is 3. The Balaban J connectivity index is 2.50. The quantitative estimate of drug-likeness (QED) is 0.794. The Morgan fingerprint density at radius 2 is 1.57 bits per heavy atom. The fourth-order valence-electron chi connectivity index (χ4n) is 2.02. The number of rotatable bonds is 5. The third-order valence-corrected chi connectivity index (χ3v) is 3.07. The van der Waals surface area contributed by atoms with E-state index in [0.717, 1.165) is 0 Å². The molecule has 0 heterocycles. The van der Waals surface area contributed by atoms with Gasteiger partial charge in [-0.15, -0.1) is 0 Å². The van der Waals surface area contributed by atoms with Crippen LogP contribution < -0.4 is 14.2 Å². The maximum Gasteiger partial charge on any atom is 0.199 e. The Hall–Kier alpha value is -2.56. The molecule has 0 N–H and O–H groups in total. The van der Waals surface area contributed by atoms with Gasteiger partial charge in [0.05, 0.1) is 21.3 Å². The maximum absolute atomic E-state index is 13.9. The molecule has 4 nitrogen and oxygen atoms in total. The van der Waals surface area contributed by atoms with Crippen LogP contribution in [0.4, 0.5) is 4.39 Å². The van der Waals surface area contributed by atoms with Gasteiger partial charge in [0.15, 0.2) is 17.3 Å². The highest BCUT2D eigenvalue weighted by atomic mass is 19.1. The van der Waals surface area contributed by atoms with Crippen LogP contribution in [0.3, 0.4) is 0 Å². The minimum atomic E-state index is -0.630. The molecule has 0 fully saturated rings. The van der Waals surface area contributed by atoms with E-state index in [1.807, 2.05) is 0 Å². The lowest BCUT2D eigenvalue weighted by atomic mass is 10.0. The molecule has 5 heteroatoms. The summed E-state index contributed by atoms with van der Waals surface area (Å²) in [6.45, 7) is 0. The smallest absolute Gasteiger partial charge is 0.199 e. The van der Waals surface area contributed by atoms with Crippen molar-refractivity contribution in [3.63, 3.8) is 0 Å². The van der Waals surface area contributed by atoms with E-state index in [4.69, 9.17) is 14.2 Å². The number of halogens is 1. The summed E-state index contributed by atoms with van der Waals surface area (Å²) in [5.41, 5.74) is 0.184. The van der Waals surface area contributed by atoms with Crippen LogP contribution in [0.1, 0.15) is 15.9 Å². The third-order valence-electron chi connectivity index (χ3n) is 3.07. The van der Waals surface area contributed by atoms with Crippen LogP contribution in [-0.2, 0) is 0 Å². The summed E-state index contributed by atoms with van der Waals surface area (Å²) in [5, 5.41) is 0. The second kappa shape index (κ2) is 6.26. The molecule has 0 aromatic heterocycles. The van der Waals surface area contributed by atoms with Gasteiger partial charge in [0, 0.05) is 5.56 Å². The fraction of sp³-hybridized carbons (Fsp3) is 0.188. The Kier molecular flexibility index (Phi) is 4.42. The lowest BCUT2D eigenvalue weighted by molar-refractivity contribution is 0.103. The predicted molar refractivity (Wildman–Crippen MR) is 75.9 cm³/mol.